The van der Waals surface area contributed by atoms with Crippen LogP contribution in [0, 0.1) is 0 Å². The van der Waals surface area contributed by atoms with Crippen molar-refractivity contribution in [1.82, 2.24) is 4.90 Å². The van der Waals surface area contributed by atoms with Crippen LogP contribution in [0.5, 0.6) is 0 Å². The molecule has 0 unspecified atom stereocenters. The predicted molar refractivity (Wildman–Crippen MR) is 41.4 cm³/mol. The minimum atomic E-state index is -0.845. The maximum atomic E-state index is 10.5. The first-order valence-corrected chi connectivity index (χ1v) is 3.93. The zero-order chi connectivity index (χ0) is 8.27. The minimum Gasteiger partial charge on any atom is -0.465 e. The summed E-state index contributed by atoms with van der Waals surface area (Å²) in [6.45, 7) is 1.14. The summed E-state index contributed by atoms with van der Waals surface area (Å²) in [5.74, 6) is 0. The van der Waals surface area contributed by atoms with Gasteiger partial charge in [-0.1, -0.05) is 6.42 Å². The van der Waals surface area contributed by atoms with Gasteiger partial charge in [-0.15, -0.1) is 0 Å². The molecule has 4 heteroatoms. The topological polar surface area (TPSA) is 66.6 Å². The first-order chi connectivity index (χ1) is 5.20. The third kappa shape index (κ3) is 2.38. The van der Waals surface area contributed by atoms with Crippen LogP contribution >= 0.6 is 0 Å². The molecule has 3 N–H and O–H groups in total. The van der Waals surface area contributed by atoms with Gasteiger partial charge in [-0.2, -0.15) is 0 Å². The lowest BCUT2D eigenvalue weighted by Crippen LogP contribution is -2.38. The first kappa shape index (κ1) is 8.33. The Morgan fingerprint density at radius 3 is 2.91 bits per heavy atom. The van der Waals surface area contributed by atoms with E-state index >= 15 is 0 Å². The van der Waals surface area contributed by atoms with Crippen molar-refractivity contribution < 1.29 is 9.90 Å². The SMILES string of the molecule is N[C@@H]1CCCCN(C(=O)O)C1. The second-order valence-corrected chi connectivity index (χ2v) is 2.98. The highest BCUT2D eigenvalue weighted by Gasteiger charge is 2.18. The minimum absolute atomic E-state index is 0.0357. The molecule has 0 radical (unpaired) electrons. The number of carbonyl (C=O) groups is 1. The Morgan fingerprint density at radius 1 is 1.55 bits per heavy atom. The molecule has 1 aliphatic rings. The summed E-state index contributed by atoms with van der Waals surface area (Å²) in [6.07, 6.45) is 2.09. The largest absolute Gasteiger partial charge is 0.465 e. The van der Waals surface area contributed by atoms with Crippen molar-refractivity contribution in [1.29, 1.82) is 0 Å². The number of carboxylic acid groups (broad SMARTS) is 1. The molecule has 0 bridgehead atoms. The molecule has 1 atom stereocenters. The van der Waals surface area contributed by atoms with E-state index in [9.17, 15) is 4.79 Å². The summed E-state index contributed by atoms with van der Waals surface area (Å²) < 4.78 is 0. The average Bonchev–Trinajstić information content (AvgIpc) is 2.13. The van der Waals surface area contributed by atoms with E-state index in [0.29, 0.717) is 13.1 Å². The normalized spacial score (nSPS) is 26.3. The molecule has 0 aliphatic carbocycles. The van der Waals surface area contributed by atoms with Gasteiger partial charge in [-0.3, -0.25) is 0 Å². The van der Waals surface area contributed by atoms with Gasteiger partial charge in [0.05, 0.1) is 0 Å². The predicted octanol–water partition coefficient (Wildman–Crippen LogP) is 0.478. The molecule has 1 aliphatic heterocycles. The fraction of sp³-hybridized carbons (Fsp3) is 0.857. The number of likely N-dealkylation sites (tertiary alicyclic amines) is 1. The molecule has 11 heavy (non-hydrogen) atoms. The Labute approximate surface area is 66.0 Å². The zero-order valence-electron chi connectivity index (χ0n) is 6.49. The molecule has 1 saturated heterocycles. The fourth-order valence-electron chi connectivity index (χ4n) is 1.35. The number of nitrogens with two attached hydrogens (primary N) is 1. The van der Waals surface area contributed by atoms with Gasteiger partial charge in [0.1, 0.15) is 0 Å². The van der Waals surface area contributed by atoms with Gasteiger partial charge < -0.3 is 15.7 Å². The van der Waals surface area contributed by atoms with E-state index in [1.54, 1.807) is 0 Å². The van der Waals surface area contributed by atoms with Crippen LogP contribution in [0.25, 0.3) is 0 Å². The second kappa shape index (κ2) is 3.57. The van der Waals surface area contributed by atoms with Crippen molar-refractivity contribution in [3.05, 3.63) is 0 Å². The van der Waals surface area contributed by atoms with E-state index in [0.717, 1.165) is 19.3 Å². The molecular formula is C7H14N2O2. The summed E-state index contributed by atoms with van der Waals surface area (Å²) in [6, 6.07) is 0.0357. The quantitative estimate of drug-likeness (QED) is 0.538. The average molecular weight is 158 g/mol. The van der Waals surface area contributed by atoms with E-state index in [1.165, 1.54) is 4.90 Å². The first-order valence-electron chi connectivity index (χ1n) is 3.93. The lowest BCUT2D eigenvalue weighted by atomic mass is 10.2. The van der Waals surface area contributed by atoms with Crippen molar-refractivity contribution in [3.63, 3.8) is 0 Å². The van der Waals surface area contributed by atoms with Crippen molar-refractivity contribution in [3.8, 4) is 0 Å². The van der Waals surface area contributed by atoms with Crippen LogP contribution in [-0.4, -0.2) is 35.2 Å². The van der Waals surface area contributed by atoms with Crippen LogP contribution in [0.1, 0.15) is 19.3 Å². The molecule has 1 heterocycles. The summed E-state index contributed by atoms with van der Waals surface area (Å²) in [5, 5.41) is 8.65. The molecule has 0 aromatic heterocycles. The molecule has 0 aromatic rings. The van der Waals surface area contributed by atoms with E-state index < -0.39 is 6.09 Å². The lowest BCUT2D eigenvalue weighted by molar-refractivity contribution is 0.145. The van der Waals surface area contributed by atoms with Crippen molar-refractivity contribution in [2.24, 2.45) is 5.73 Å². The third-order valence-electron chi connectivity index (χ3n) is 1.98. The summed E-state index contributed by atoms with van der Waals surface area (Å²) in [5.41, 5.74) is 5.66. The maximum Gasteiger partial charge on any atom is 0.407 e. The maximum absolute atomic E-state index is 10.5. The Hall–Kier alpha value is -0.770. The molecule has 1 fully saturated rings. The zero-order valence-corrected chi connectivity index (χ0v) is 6.49. The Balaban J connectivity index is 2.45. The van der Waals surface area contributed by atoms with Gasteiger partial charge in [0.2, 0.25) is 0 Å². The lowest BCUT2D eigenvalue weighted by Gasteiger charge is -2.18. The standard InChI is InChI=1S/C7H14N2O2/c8-6-3-1-2-4-9(5-6)7(10)11/h6H,1-5,8H2,(H,10,11)/t6-/m1/s1. The molecule has 0 aromatic carbocycles. The summed E-state index contributed by atoms with van der Waals surface area (Å²) >= 11 is 0. The highest BCUT2D eigenvalue weighted by Crippen LogP contribution is 2.08. The third-order valence-corrected chi connectivity index (χ3v) is 1.98. The Kier molecular flexibility index (Phi) is 2.70. The Morgan fingerprint density at radius 2 is 2.27 bits per heavy atom. The van der Waals surface area contributed by atoms with Crippen LogP contribution in [0.4, 0.5) is 4.79 Å². The number of hydrogen-bond donors (Lipinski definition) is 2. The summed E-state index contributed by atoms with van der Waals surface area (Å²) in [7, 11) is 0. The van der Waals surface area contributed by atoms with Crippen molar-refractivity contribution in [2.45, 2.75) is 25.3 Å². The highest BCUT2D eigenvalue weighted by molar-refractivity contribution is 5.64. The van der Waals surface area contributed by atoms with Crippen LogP contribution in [0.3, 0.4) is 0 Å². The molecule has 64 valence electrons. The van der Waals surface area contributed by atoms with Gasteiger partial charge in [-0.05, 0) is 12.8 Å². The van der Waals surface area contributed by atoms with Crippen molar-refractivity contribution in [2.75, 3.05) is 13.1 Å². The molecule has 1 rings (SSSR count). The van der Waals surface area contributed by atoms with Crippen LogP contribution in [0.15, 0.2) is 0 Å². The second-order valence-electron chi connectivity index (χ2n) is 2.98. The van der Waals surface area contributed by atoms with E-state index in [4.69, 9.17) is 10.8 Å². The van der Waals surface area contributed by atoms with Gasteiger partial charge in [0, 0.05) is 19.1 Å². The number of hydrogen-bond acceptors (Lipinski definition) is 2. The number of rotatable bonds is 0. The van der Waals surface area contributed by atoms with Gasteiger partial charge in [-0.25, -0.2) is 4.79 Å². The molecular weight excluding hydrogens is 144 g/mol. The smallest absolute Gasteiger partial charge is 0.407 e. The molecule has 4 nitrogen and oxygen atoms in total. The van der Waals surface area contributed by atoms with Gasteiger partial charge in [0.25, 0.3) is 0 Å². The monoisotopic (exact) mass is 158 g/mol. The number of amides is 1. The molecule has 0 spiro atoms. The van der Waals surface area contributed by atoms with Gasteiger partial charge >= 0.3 is 6.09 Å². The van der Waals surface area contributed by atoms with Crippen LogP contribution in [0.2, 0.25) is 0 Å². The van der Waals surface area contributed by atoms with E-state index in [1.807, 2.05) is 0 Å². The van der Waals surface area contributed by atoms with Crippen molar-refractivity contribution >= 4 is 6.09 Å². The molecule has 0 saturated carbocycles. The molecule has 1 amide bonds. The van der Waals surface area contributed by atoms with E-state index in [-0.39, 0.29) is 6.04 Å². The highest BCUT2D eigenvalue weighted by atomic mass is 16.4. The Bertz CT molecular complexity index is 149. The van der Waals surface area contributed by atoms with Crippen LogP contribution < -0.4 is 5.73 Å². The number of nitrogens with zero attached hydrogens (tertiary/aromatic N) is 1. The fourth-order valence-corrected chi connectivity index (χ4v) is 1.35. The van der Waals surface area contributed by atoms with E-state index in [2.05, 4.69) is 0 Å². The van der Waals surface area contributed by atoms with Gasteiger partial charge in [0.15, 0.2) is 0 Å². The van der Waals surface area contributed by atoms with Crippen LogP contribution in [-0.2, 0) is 0 Å². The summed E-state index contributed by atoms with van der Waals surface area (Å²) in [4.78, 5) is 11.9.